The van der Waals surface area contributed by atoms with Gasteiger partial charge in [0.05, 0.1) is 11.6 Å². The monoisotopic (exact) mass is 408 g/mol. The highest BCUT2D eigenvalue weighted by atomic mass is 79.9. The number of anilines is 1. The molecule has 0 saturated carbocycles. The van der Waals surface area contributed by atoms with E-state index in [4.69, 9.17) is 5.73 Å². The molecule has 0 aromatic heterocycles. The van der Waals surface area contributed by atoms with Gasteiger partial charge in [0.15, 0.2) is 0 Å². The first-order chi connectivity index (χ1) is 10.0. The van der Waals surface area contributed by atoms with Crippen molar-refractivity contribution in [1.82, 2.24) is 5.32 Å². The second kappa shape index (κ2) is 5.81. The molecule has 0 spiro atoms. The molecule has 1 atom stereocenters. The van der Waals surface area contributed by atoms with E-state index >= 15 is 0 Å². The molecule has 2 aromatic rings. The predicted molar refractivity (Wildman–Crippen MR) is 91.2 cm³/mol. The molecule has 0 fully saturated rings. The molecule has 21 heavy (non-hydrogen) atoms. The Bertz CT molecular complexity index is 715. The number of halogens is 2. The van der Waals surface area contributed by atoms with E-state index in [2.05, 4.69) is 37.2 Å². The summed E-state index contributed by atoms with van der Waals surface area (Å²) in [5, 5.41) is 3.11. The lowest BCUT2D eigenvalue weighted by Crippen LogP contribution is -2.27. The molecule has 0 aliphatic heterocycles. The summed E-state index contributed by atoms with van der Waals surface area (Å²) >= 11 is 6.82. The Morgan fingerprint density at radius 3 is 2.81 bits per heavy atom. The summed E-state index contributed by atoms with van der Waals surface area (Å²) in [6.07, 6.45) is 1.86. The minimum absolute atomic E-state index is 0.0546. The van der Waals surface area contributed by atoms with Crippen molar-refractivity contribution in [2.45, 2.75) is 18.9 Å². The highest BCUT2D eigenvalue weighted by molar-refractivity contribution is 9.11. The zero-order valence-corrected chi connectivity index (χ0v) is 14.4. The molecule has 3 nitrogen and oxygen atoms in total. The van der Waals surface area contributed by atoms with Gasteiger partial charge in [-0.1, -0.05) is 22.0 Å². The Morgan fingerprint density at radius 2 is 2.00 bits per heavy atom. The van der Waals surface area contributed by atoms with E-state index in [9.17, 15) is 4.79 Å². The zero-order chi connectivity index (χ0) is 15.0. The van der Waals surface area contributed by atoms with Gasteiger partial charge in [0, 0.05) is 14.6 Å². The van der Waals surface area contributed by atoms with Gasteiger partial charge in [0.2, 0.25) is 0 Å². The molecular formula is C16H14Br2N2O. The molecule has 1 unspecified atom stereocenters. The summed E-state index contributed by atoms with van der Waals surface area (Å²) < 4.78 is 1.68. The second-order valence-corrected chi connectivity index (χ2v) is 6.92. The van der Waals surface area contributed by atoms with Crippen molar-refractivity contribution >= 4 is 43.5 Å². The fraction of sp³-hybridized carbons (Fsp3) is 0.188. The van der Waals surface area contributed by atoms with Gasteiger partial charge in [-0.15, -0.1) is 0 Å². The SMILES string of the molecule is Nc1ccc2c(c1)CCC2NC(=O)c1cc(Br)ccc1Br. The van der Waals surface area contributed by atoms with Gasteiger partial charge in [-0.05, 0) is 70.2 Å². The number of rotatable bonds is 2. The largest absolute Gasteiger partial charge is 0.399 e. The van der Waals surface area contributed by atoms with Crippen LogP contribution >= 0.6 is 31.9 Å². The van der Waals surface area contributed by atoms with E-state index in [-0.39, 0.29) is 11.9 Å². The molecule has 1 aliphatic carbocycles. The topological polar surface area (TPSA) is 55.1 Å². The Balaban J connectivity index is 1.82. The van der Waals surface area contributed by atoms with E-state index in [1.165, 1.54) is 11.1 Å². The second-order valence-electron chi connectivity index (χ2n) is 5.15. The van der Waals surface area contributed by atoms with Crippen LogP contribution in [0, 0.1) is 0 Å². The number of carbonyl (C=O) groups is 1. The van der Waals surface area contributed by atoms with E-state index in [1.807, 2.05) is 36.4 Å². The van der Waals surface area contributed by atoms with Crippen LogP contribution in [-0.2, 0) is 6.42 Å². The maximum Gasteiger partial charge on any atom is 0.252 e. The maximum absolute atomic E-state index is 12.5. The van der Waals surface area contributed by atoms with Crippen LogP contribution in [0.4, 0.5) is 5.69 Å². The Labute approximate surface area is 140 Å². The molecule has 0 saturated heterocycles. The zero-order valence-electron chi connectivity index (χ0n) is 11.2. The lowest BCUT2D eigenvalue weighted by atomic mass is 10.1. The summed E-state index contributed by atoms with van der Waals surface area (Å²) in [6, 6.07) is 11.5. The van der Waals surface area contributed by atoms with E-state index in [0.29, 0.717) is 5.56 Å². The minimum Gasteiger partial charge on any atom is -0.399 e. The summed E-state index contributed by atoms with van der Waals surface area (Å²) in [5.74, 6) is -0.0714. The van der Waals surface area contributed by atoms with Crippen LogP contribution in [0.1, 0.15) is 33.9 Å². The lowest BCUT2D eigenvalue weighted by Gasteiger charge is -2.15. The Morgan fingerprint density at radius 1 is 1.19 bits per heavy atom. The number of amides is 1. The van der Waals surface area contributed by atoms with Gasteiger partial charge in [0.1, 0.15) is 0 Å². The number of fused-ring (bicyclic) bond motifs is 1. The molecule has 0 heterocycles. The molecular weight excluding hydrogens is 396 g/mol. The van der Waals surface area contributed by atoms with Crippen LogP contribution in [0.5, 0.6) is 0 Å². The van der Waals surface area contributed by atoms with Gasteiger partial charge >= 0.3 is 0 Å². The molecule has 5 heteroatoms. The number of hydrogen-bond donors (Lipinski definition) is 2. The van der Waals surface area contributed by atoms with Gasteiger partial charge in [0.25, 0.3) is 5.91 Å². The van der Waals surface area contributed by atoms with E-state index < -0.39 is 0 Å². The van der Waals surface area contributed by atoms with Crippen LogP contribution in [0.3, 0.4) is 0 Å². The standard InChI is InChI=1S/C16H14Br2N2O/c17-10-2-5-14(18)13(8-10)16(21)20-15-6-1-9-7-11(19)3-4-12(9)15/h2-5,7-8,15H,1,6,19H2,(H,20,21). The number of nitrogens with one attached hydrogen (secondary N) is 1. The number of nitrogens with two attached hydrogens (primary N) is 1. The average molecular weight is 410 g/mol. The number of nitrogen functional groups attached to an aromatic ring is 1. The first-order valence-corrected chi connectivity index (χ1v) is 8.27. The summed E-state index contributed by atoms with van der Waals surface area (Å²) in [4.78, 5) is 12.5. The molecule has 1 amide bonds. The normalized spacial score (nSPS) is 16.6. The van der Waals surface area contributed by atoms with Crippen LogP contribution in [0.2, 0.25) is 0 Å². The number of aryl methyl sites for hydroxylation is 1. The minimum atomic E-state index is -0.0714. The summed E-state index contributed by atoms with van der Waals surface area (Å²) in [5.41, 5.74) is 9.61. The van der Waals surface area contributed by atoms with Crippen molar-refractivity contribution in [3.05, 3.63) is 62.0 Å². The maximum atomic E-state index is 12.5. The van der Waals surface area contributed by atoms with E-state index in [0.717, 1.165) is 27.5 Å². The third-order valence-electron chi connectivity index (χ3n) is 3.72. The number of benzene rings is 2. The molecule has 1 aliphatic rings. The highest BCUT2D eigenvalue weighted by Gasteiger charge is 2.25. The molecule has 3 rings (SSSR count). The number of hydrogen-bond acceptors (Lipinski definition) is 2. The van der Waals surface area contributed by atoms with E-state index in [1.54, 1.807) is 0 Å². The highest BCUT2D eigenvalue weighted by Crippen LogP contribution is 2.33. The molecule has 3 N–H and O–H groups in total. The average Bonchev–Trinajstić information content (AvgIpc) is 2.83. The van der Waals surface area contributed by atoms with Crippen molar-refractivity contribution in [2.24, 2.45) is 0 Å². The van der Waals surface area contributed by atoms with Crippen molar-refractivity contribution in [3.63, 3.8) is 0 Å². The first kappa shape index (κ1) is 14.6. The Hall–Kier alpha value is -1.33. The fourth-order valence-electron chi connectivity index (χ4n) is 2.69. The van der Waals surface area contributed by atoms with Crippen molar-refractivity contribution in [1.29, 1.82) is 0 Å². The van der Waals surface area contributed by atoms with Crippen LogP contribution < -0.4 is 11.1 Å². The van der Waals surface area contributed by atoms with Crippen molar-refractivity contribution < 1.29 is 4.79 Å². The lowest BCUT2D eigenvalue weighted by molar-refractivity contribution is 0.0936. The predicted octanol–water partition coefficient (Wildman–Crippen LogP) is 4.21. The third kappa shape index (κ3) is 2.99. The third-order valence-corrected chi connectivity index (χ3v) is 4.91. The smallest absolute Gasteiger partial charge is 0.252 e. The van der Waals surface area contributed by atoms with Crippen LogP contribution in [0.15, 0.2) is 45.3 Å². The molecule has 0 bridgehead atoms. The summed E-state index contributed by atoms with van der Waals surface area (Å²) in [7, 11) is 0. The molecule has 0 radical (unpaired) electrons. The van der Waals surface area contributed by atoms with Crippen molar-refractivity contribution in [3.8, 4) is 0 Å². The van der Waals surface area contributed by atoms with Gasteiger partial charge in [-0.2, -0.15) is 0 Å². The van der Waals surface area contributed by atoms with Crippen molar-refractivity contribution in [2.75, 3.05) is 5.73 Å². The molecule has 108 valence electrons. The van der Waals surface area contributed by atoms with Gasteiger partial charge < -0.3 is 11.1 Å². The quantitative estimate of drug-likeness (QED) is 0.730. The summed E-state index contributed by atoms with van der Waals surface area (Å²) in [6.45, 7) is 0. The first-order valence-electron chi connectivity index (χ1n) is 6.69. The number of carbonyl (C=O) groups excluding carboxylic acids is 1. The van der Waals surface area contributed by atoms with Crippen LogP contribution in [0.25, 0.3) is 0 Å². The Kier molecular flexibility index (Phi) is 4.04. The fourth-order valence-corrected chi connectivity index (χ4v) is 3.48. The van der Waals surface area contributed by atoms with Crippen LogP contribution in [-0.4, -0.2) is 5.91 Å². The van der Waals surface area contributed by atoms with Gasteiger partial charge in [-0.25, -0.2) is 0 Å². The van der Waals surface area contributed by atoms with Gasteiger partial charge in [-0.3, -0.25) is 4.79 Å². The molecule has 2 aromatic carbocycles.